The predicted molar refractivity (Wildman–Crippen MR) is 63.3 cm³/mol. The lowest BCUT2D eigenvalue weighted by Gasteiger charge is -2.18. The molecular weight excluding hydrogens is 204 g/mol. The number of pyridine rings is 1. The van der Waals surface area contributed by atoms with Crippen molar-refractivity contribution >= 4 is 16.7 Å². The molecular formula is C11H14N4O. The SMILES string of the molecule is CC(C)(C)c1cc(N)c2nc[nH]c(=O)c2n1. The Morgan fingerprint density at radius 1 is 1.31 bits per heavy atom. The molecule has 0 bridgehead atoms. The molecule has 0 fully saturated rings. The van der Waals surface area contributed by atoms with E-state index < -0.39 is 0 Å². The van der Waals surface area contributed by atoms with Crippen LogP contribution in [0.4, 0.5) is 5.69 Å². The van der Waals surface area contributed by atoms with E-state index in [0.29, 0.717) is 16.7 Å². The second-order valence-corrected chi connectivity index (χ2v) is 4.78. The number of rotatable bonds is 0. The Morgan fingerprint density at radius 2 is 2.00 bits per heavy atom. The molecule has 2 rings (SSSR count). The fourth-order valence-corrected chi connectivity index (χ4v) is 1.46. The maximum absolute atomic E-state index is 11.6. The second kappa shape index (κ2) is 3.30. The van der Waals surface area contributed by atoms with Gasteiger partial charge in [0.15, 0.2) is 5.52 Å². The van der Waals surface area contributed by atoms with Gasteiger partial charge >= 0.3 is 0 Å². The van der Waals surface area contributed by atoms with E-state index >= 15 is 0 Å². The van der Waals surface area contributed by atoms with E-state index in [2.05, 4.69) is 15.0 Å². The molecule has 0 radical (unpaired) electrons. The minimum Gasteiger partial charge on any atom is -0.397 e. The Bertz CT molecular complexity index is 595. The van der Waals surface area contributed by atoms with Crippen molar-refractivity contribution in [2.75, 3.05) is 5.73 Å². The van der Waals surface area contributed by atoms with Gasteiger partial charge in [-0.25, -0.2) is 9.97 Å². The Hall–Kier alpha value is -1.91. The summed E-state index contributed by atoms with van der Waals surface area (Å²) in [6.07, 6.45) is 1.33. The van der Waals surface area contributed by atoms with E-state index in [1.54, 1.807) is 6.07 Å². The van der Waals surface area contributed by atoms with Crippen LogP contribution >= 0.6 is 0 Å². The van der Waals surface area contributed by atoms with Crippen molar-refractivity contribution in [3.63, 3.8) is 0 Å². The van der Waals surface area contributed by atoms with Crippen LogP contribution in [0.1, 0.15) is 26.5 Å². The molecule has 84 valence electrons. The lowest BCUT2D eigenvalue weighted by molar-refractivity contribution is 0.571. The molecule has 0 aliphatic rings. The number of nitrogens with one attached hydrogen (secondary N) is 1. The van der Waals surface area contributed by atoms with E-state index in [1.165, 1.54) is 6.33 Å². The zero-order chi connectivity index (χ0) is 11.9. The topological polar surface area (TPSA) is 84.7 Å². The molecule has 2 heterocycles. The highest BCUT2D eigenvalue weighted by Gasteiger charge is 2.18. The highest BCUT2D eigenvalue weighted by Crippen LogP contribution is 2.24. The first-order valence-electron chi connectivity index (χ1n) is 5.04. The first kappa shape index (κ1) is 10.6. The number of fused-ring (bicyclic) bond motifs is 1. The molecule has 0 saturated heterocycles. The maximum atomic E-state index is 11.6. The smallest absolute Gasteiger partial charge is 0.277 e. The molecule has 2 aromatic rings. The zero-order valence-electron chi connectivity index (χ0n) is 9.53. The van der Waals surface area contributed by atoms with E-state index in [0.717, 1.165) is 5.69 Å². The van der Waals surface area contributed by atoms with Crippen LogP contribution in [0.5, 0.6) is 0 Å². The summed E-state index contributed by atoms with van der Waals surface area (Å²) in [6, 6.07) is 1.77. The third kappa shape index (κ3) is 1.64. The average Bonchev–Trinajstić information content (AvgIpc) is 2.18. The van der Waals surface area contributed by atoms with Crippen LogP contribution in [-0.2, 0) is 5.41 Å². The molecule has 16 heavy (non-hydrogen) atoms. The summed E-state index contributed by atoms with van der Waals surface area (Å²) < 4.78 is 0. The Labute approximate surface area is 92.7 Å². The second-order valence-electron chi connectivity index (χ2n) is 4.78. The van der Waals surface area contributed by atoms with Crippen LogP contribution in [0.25, 0.3) is 11.0 Å². The number of nitrogens with two attached hydrogens (primary N) is 1. The minimum atomic E-state index is -0.261. The van der Waals surface area contributed by atoms with Crippen molar-refractivity contribution in [2.45, 2.75) is 26.2 Å². The molecule has 3 N–H and O–H groups in total. The summed E-state index contributed by atoms with van der Waals surface area (Å²) in [5.74, 6) is 0. The number of aromatic amines is 1. The van der Waals surface area contributed by atoms with Crippen LogP contribution < -0.4 is 11.3 Å². The first-order chi connectivity index (χ1) is 7.39. The van der Waals surface area contributed by atoms with Crippen molar-refractivity contribution in [3.05, 3.63) is 28.4 Å². The lowest BCUT2D eigenvalue weighted by Crippen LogP contribution is -2.17. The molecule has 5 nitrogen and oxygen atoms in total. The van der Waals surface area contributed by atoms with Crippen molar-refractivity contribution in [3.8, 4) is 0 Å². The van der Waals surface area contributed by atoms with Crippen molar-refractivity contribution in [2.24, 2.45) is 0 Å². The fraction of sp³-hybridized carbons (Fsp3) is 0.364. The number of anilines is 1. The molecule has 0 amide bonds. The predicted octanol–water partition coefficient (Wildman–Crippen LogP) is 1.20. The lowest BCUT2D eigenvalue weighted by atomic mass is 9.91. The number of hydrogen-bond donors (Lipinski definition) is 2. The molecule has 5 heteroatoms. The largest absolute Gasteiger partial charge is 0.397 e. The summed E-state index contributed by atoms with van der Waals surface area (Å²) in [7, 11) is 0. The fourth-order valence-electron chi connectivity index (χ4n) is 1.46. The number of nitrogen functional groups attached to an aromatic ring is 1. The van der Waals surface area contributed by atoms with Gasteiger partial charge in [0, 0.05) is 11.1 Å². The van der Waals surface area contributed by atoms with E-state index in [4.69, 9.17) is 5.73 Å². The number of H-pyrrole nitrogens is 1. The third-order valence-electron chi connectivity index (χ3n) is 2.40. The Balaban J connectivity index is 2.86. The standard InChI is InChI=1S/C11H14N4O/c1-11(2,3)7-4-6(12)8-9(15-7)10(16)14-5-13-8/h4-5H,1-3H3,(H2,12,15)(H,13,14,16). The van der Waals surface area contributed by atoms with Gasteiger partial charge in [0.2, 0.25) is 0 Å². The Kier molecular flexibility index (Phi) is 2.18. The van der Waals surface area contributed by atoms with Gasteiger partial charge in [-0.05, 0) is 6.07 Å². The van der Waals surface area contributed by atoms with Crippen LogP contribution in [0.3, 0.4) is 0 Å². The molecule has 0 atom stereocenters. The van der Waals surface area contributed by atoms with E-state index in [1.807, 2.05) is 20.8 Å². The van der Waals surface area contributed by atoms with Gasteiger partial charge in [0.1, 0.15) is 5.52 Å². The molecule has 0 spiro atoms. The molecule has 0 aliphatic carbocycles. The van der Waals surface area contributed by atoms with Gasteiger partial charge in [0.05, 0.1) is 12.0 Å². The summed E-state index contributed by atoms with van der Waals surface area (Å²) in [4.78, 5) is 22.4. The molecule has 2 aromatic heterocycles. The quantitative estimate of drug-likeness (QED) is 0.695. The summed E-state index contributed by atoms with van der Waals surface area (Å²) in [5, 5.41) is 0. The molecule has 0 aromatic carbocycles. The number of hydrogen-bond acceptors (Lipinski definition) is 4. The van der Waals surface area contributed by atoms with Crippen LogP contribution in [-0.4, -0.2) is 15.0 Å². The third-order valence-corrected chi connectivity index (χ3v) is 2.40. The monoisotopic (exact) mass is 218 g/mol. The van der Waals surface area contributed by atoms with Gasteiger partial charge in [-0.3, -0.25) is 4.79 Å². The summed E-state index contributed by atoms with van der Waals surface area (Å²) in [6.45, 7) is 6.06. The van der Waals surface area contributed by atoms with Crippen LogP contribution in [0.15, 0.2) is 17.2 Å². The highest BCUT2D eigenvalue weighted by molar-refractivity contribution is 5.85. The van der Waals surface area contributed by atoms with Gasteiger partial charge in [-0.15, -0.1) is 0 Å². The Morgan fingerprint density at radius 3 is 2.62 bits per heavy atom. The van der Waals surface area contributed by atoms with Crippen LogP contribution in [0, 0.1) is 0 Å². The summed E-state index contributed by atoms with van der Waals surface area (Å²) in [5.41, 5.74) is 7.49. The van der Waals surface area contributed by atoms with Crippen molar-refractivity contribution in [1.29, 1.82) is 0 Å². The molecule has 0 aliphatic heterocycles. The molecule has 0 saturated carbocycles. The highest BCUT2D eigenvalue weighted by atomic mass is 16.1. The first-order valence-corrected chi connectivity index (χ1v) is 5.04. The zero-order valence-corrected chi connectivity index (χ0v) is 9.53. The molecule has 0 unspecified atom stereocenters. The van der Waals surface area contributed by atoms with Gasteiger partial charge < -0.3 is 10.7 Å². The van der Waals surface area contributed by atoms with Crippen LogP contribution in [0.2, 0.25) is 0 Å². The van der Waals surface area contributed by atoms with Gasteiger partial charge in [-0.1, -0.05) is 20.8 Å². The van der Waals surface area contributed by atoms with Gasteiger partial charge in [0.25, 0.3) is 5.56 Å². The normalized spacial score (nSPS) is 11.9. The minimum absolute atomic E-state index is 0.148. The van der Waals surface area contributed by atoms with Crippen molar-refractivity contribution < 1.29 is 0 Å². The van der Waals surface area contributed by atoms with Crippen molar-refractivity contribution in [1.82, 2.24) is 15.0 Å². The number of aromatic nitrogens is 3. The van der Waals surface area contributed by atoms with E-state index in [-0.39, 0.29) is 11.0 Å². The summed E-state index contributed by atoms with van der Waals surface area (Å²) >= 11 is 0. The van der Waals surface area contributed by atoms with Gasteiger partial charge in [-0.2, -0.15) is 0 Å². The maximum Gasteiger partial charge on any atom is 0.277 e. The number of nitrogens with zero attached hydrogens (tertiary/aromatic N) is 2. The average molecular weight is 218 g/mol. The van der Waals surface area contributed by atoms with E-state index in [9.17, 15) is 4.79 Å².